The fourth-order valence-corrected chi connectivity index (χ4v) is 2.99. The van der Waals surface area contributed by atoms with Gasteiger partial charge in [-0.1, -0.05) is 0 Å². The summed E-state index contributed by atoms with van der Waals surface area (Å²) >= 11 is 0. The molecule has 0 bridgehead atoms. The molecule has 0 radical (unpaired) electrons. The average molecular weight is 276 g/mol. The predicted molar refractivity (Wildman–Crippen MR) is 78.3 cm³/mol. The van der Waals surface area contributed by atoms with Crippen LogP contribution in [-0.4, -0.2) is 55.1 Å². The number of nitrogens with one attached hydrogen (secondary N) is 1. The monoisotopic (exact) mass is 276 g/mol. The molecule has 2 heterocycles. The Morgan fingerprint density at radius 3 is 2.60 bits per heavy atom. The second kappa shape index (κ2) is 5.38. The van der Waals surface area contributed by atoms with Gasteiger partial charge in [0.05, 0.1) is 4.92 Å². The molecule has 6 nitrogen and oxygen atoms in total. The summed E-state index contributed by atoms with van der Waals surface area (Å²) in [5, 5.41) is 14.2. The second-order valence-electron chi connectivity index (χ2n) is 5.57. The number of rotatable bonds is 3. The van der Waals surface area contributed by atoms with Gasteiger partial charge >= 0.3 is 0 Å². The van der Waals surface area contributed by atoms with Gasteiger partial charge in [0, 0.05) is 62.6 Å². The first-order valence-electron chi connectivity index (χ1n) is 7.10. The molecule has 2 aliphatic rings. The van der Waals surface area contributed by atoms with Crippen LogP contribution in [-0.2, 0) is 0 Å². The topological polar surface area (TPSA) is 61.6 Å². The van der Waals surface area contributed by atoms with Crippen LogP contribution in [0.25, 0.3) is 0 Å². The van der Waals surface area contributed by atoms with E-state index in [0.29, 0.717) is 6.04 Å². The van der Waals surface area contributed by atoms with Crippen LogP contribution in [0.15, 0.2) is 18.2 Å². The van der Waals surface area contributed by atoms with E-state index < -0.39 is 0 Å². The van der Waals surface area contributed by atoms with Crippen molar-refractivity contribution in [2.75, 3.05) is 44.2 Å². The van der Waals surface area contributed by atoms with E-state index in [9.17, 15) is 10.1 Å². The third-order valence-corrected chi connectivity index (χ3v) is 4.27. The second-order valence-corrected chi connectivity index (χ2v) is 5.57. The number of hydrogen-bond donors (Lipinski definition) is 1. The van der Waals surface area contributed by atoms with Crippen LogP contribution in [0.1, 0.15) is 5.56 Å². The van der Waals surface area contributed by atoms with Crippen molar-refractivity contribution in [2.45, 2.75) is 13.0 Å². The van der Waals surface area contributed by atoms with E-state index in [1.54, 1.807) is 13.0 Å². The van der Waals surface area contributed by atoms with Gasteiger partial charge in [-0.2, -0.15) is 0 Å². The summed E-state index contributed by atoms with van der Waals surface area (Å²) < 4.78 is 0. The van der Waals surface area contributed by atoms with Crippen molar-refractivity contribution in [3.8, 4) is 0 Å². The summed E-state index contributed by atoms with van der Waals surface area (Å²) in [6.45, 7) is 8.25. The van der Waals surface area contributed by atoms with Crippen LogP contribution in [0.2, 0.25) is 0 Å². The summed E-state index contributed by atoms with van der Waals surface area (Å²) in [5.41, 5.74) is 2.03. The van der Waals surface area contributed by atoms with Crippen LogP contribution in [0.4, 0.5) is 11.4 Å². The SMILES string of the molecule is Cc1cc(N2CC(N3CCNCC3)C2)ccc1[N+](=O)[O-]. The summed E-state index contributed by atoms with van der Waals surface area (Å²) in [5.74, 6) is 0. The molecule has 0 spiro atoms. The van der Waals surface area contributed by atoms with Crippen molar-refractivity contribution in [3.63, 3.8) is 0 Å². The fraction of sp³-hybridized carbons (Fsp3) is 0.571. The zero-order chi connectivity index (χ0) is 14.1. The van der Waals surface area contributed by atoms with Crippen molar-refractivity contribution in [3.05, 3.63) is 33.9 Å². The molecule has 0 aliphatic carbocycles. The Kier molecular flexibility index (Phi) is 3.58. The Bertz CT molecular complexity index is 508. The molecular weight excluding hydrogens is 256 g/mol. The molecule has 20 heavy (non-hydrogen) atoms. The lowest BCUT2D eigenvalue weighted by Gasteiger charge is -2.48. The number of benzene rings is 1. The Balaban J connectivity index is 1.62. The number of anilines is 1. The first-order chi connectivity index (χ1) is 9.65. The molecule has 0 saturated carbocycles. The first kappa shape index (κ1) is 13.3. The molecule has 0 amide bonds. The van der Waals surface area contributed by atoms with Gasteiger partial charge in [0.1, 0.15) is 0 Å². The minimum Gasteiger partial charge on any atom is -0.368 e. The highest BCUT2D eigenvalue weighted by Gasteiger charge is 2.32. The Hall–Kier alpha value is -1.66. The zero-order valence-electron chi connectivity index (χ0n) is 11.7. The smallest absolute Gasteiger partial charge is 0.272 e. The lowest BCUT2D eigenvalue weighted by molar-refractivity contribution is -0.385. The van der Waals surface area contributed by atoms with Gasteiger partial charge in [-0.05, 0) is 19.1 Å². The molecule has 108 valence electrons. The number of piperazine rings is 1. The average Bonchev–Trinajstić information content (AvgIpc) is 2.38. The van der Waals surface area contributed by atoms with Crippen molar-refractivity contribution in [1.29, 1.82) is 0 Å². The molecule has 2 aliphatic heterocycles. The van der Waals surface area contributed by atoms with E-state index in [1.165, 1.54) is 0 Å². The molecule has 0 aromatic heterocycles. The minimum absolute atomic E-state index is 0.202. The normalized spacial score (nSPS) is 20.8. The van der Waals surface area contributed by atoms with Crippen LogP contribution in [0.5, 0.6) is 0 Å². The highest BCUT2D eigenvalue weighted by molar-refractivity contribution is 5.57. The largest absolute Gasteiger partial charge is 0.368 e. The molecule has 2 fully saturated rings. The lowest BCUT2D eigenvalue weighted by atomic mass is 10.0. The van der Waals surface area contributed by atoms with Crippen molar-refractivity contribution in [1.82, 2.24) is 10.2 Å². The van der Waals surface area contributed by atoms with Crippen LogP contribution < -0.4 is 10.2 Å². The Morgan fingerprint density at radius 2 is 2.00 bits per heavy atom. The standard InChI is InChI=1S/C14H20N4O2/c1-11-8-12(2-3-14(11)18(19)20)17-9-13(10-17)16-6-4-15-5-7-16/h2-3,8,13,15H,4-7,9-10H2,1H3. The van der Waals surface area contributed by atoms with E-state index >= 15 is 0 Å². The number of hydrogen-bond acceptors (Lipinski definition) is 5. The molecule has 0 atom stereocenters. The van der Waals surface area contributed by atoms with Crippen LogP contribution >= 0.6 is 0 Å². The summed E-state index contributed by atoms with van der Waals surface area (Å²) in [4.78, 5) is 15.3. The molecule has 6 heteroatoms. The molecule has 1 aromatic carbocycles. The number of nitro benzene ring substituents is 1. The third kappa shape index (κ3) is 2.48. The minimum atomic E-state index is -0.321. The molecule has 0 unspecified atom stereocenters. The van der Waals surface area contributed by atoms with Gasteiger partial charge in [0.25, 0.3) is 5.69 Å². The number of nitro groups is 1. The van der Waals surface area contributed by atoms with E-state index in [-0.39, 0.29) is 10.6 Å². The van der Waals surface area contributed by atoms with Gasteiger partial charge in [0.15, 0.2) is 0 Å². The quantitative estimate of drug-likeness (QED) is 0.659. The van der Waals surface area contributed by atoms with Gasteiger partial charge in [-0.15, -0.1) is 0 Å². The van der Waals surface area contributed by atoms with Crippen molar-refractivity contribution >= 4 is 11.4 Å². The van der Waals surface area contributed by atoms with E-state index in [4.69, 9.17) is 0 Å². The molecule has 1 aromatic rings. The highest BCUT2D eigenvalue weighted by Crippen LogP contribution is 2.28. The predicted octanol–water partition coefficient (Wildman–Crippen LogP) is 0.997. The number of nitrogens with zero attached hydrogens (tertiary/aromatic N) is 3. The summed E-state index contributed by atoms with van der Waals surface area (Å²) in [6.07, 6.45) is 0. The van der Waals surface area contributed by atoms with Crippen LogP contribution in [0.3, 0.4) is 0 Å². The summed E-state index contributed by atoms with van der Waals surface area (Å²) in [6, 6.07) is 6.03. The first-order valence-corrected chi connectivity index (χ1v) is 7.10. The van der Waals surface area contributed by atoms with Gasteiger partial charge in [-0.25, -0.2) is 0 Å². The fourth-order valence-electron chi connectivity index (χ4n) is 2.99. The van der Waals surface area contributed by atoms with E-state index in [0.717, 1.165) is 50.5 Å². The zero-order valence-corrected chi connectivity index (χ0v) is 11.7. The van der Waals surface area contributed by atoms with Gasteiger partial charge < -0.3 is 10.2 Å². The Labute approximate surface area is 118 Å². The highest BCUT2D eigenvalue weighted by atomic mass is 16.6. The maximum Gasteiger partial charge on any atom is 0.272 e. The third-order valence-electron chi connectivity index (χ3n) is 4.27. The van der Waals surface area contributed by atoms with E-state index in [1.807, 2.05) is 12.1 Å². The van der Waals surface area contributed by atoms with E-state index in [2.05, 4.69) is 15.1 Å². The van der Waals surface area contributed by atoms with Crippen molar-refractivity contribution < 1.29 is 4.92 Å². The summed E-state index contributed by atoms with van der Waals surface area (Å²) in [7, 11) is 0. The van der Waals surface area contributed by atoms with Crippen LogP contribution in [0, 0.1) is 17.0 Å². The molecule has 3 rings (SSSR count). The molecular formula is C14H20N4O2. The lowest BCUT2D eigenvalue weighted by Crippen LogP contribution is -2.62. The maximum absolute atomic E-state index is 10.8. The number of aryl methyl sites for hydroxylation is 1. The Morgan fingerprint density at radius 1 is 1.30 bits per heavy atom. The van der Waals surface area contributed by atoms with Gasteiger partial charge in [-0.3, -0.25) is 15.0 Å². The molecule has 2 saturated heterocycles. The van der Waals surface area contributed by atoms with Crippen molar-refractivity contribution in [2.24, 2.45) is 0 Å². The van der Waals surface area contributed by atoms with Gasteiger partial charge in [0.2, 0.25) is 0 Å². The maximum atomic E-state index is 10.8. The molecule has 1 N–H and O–H groups in total.